The zero-order valence-corrected chi connectivity index (χ0v) is 26.6. The largest absolute Gasteiger partial charge is 0.326 e. The minimum atomic E-state index is -3.42. The SMILES string of the molecule is CN1C=c2nc3c(cc2N1)=C(c1ccc(CN2CCC(C(=O)Nc4ccc5c(c4)S(=O)(=O)C=C5)CC2)cc1)N(c1ccccc1)C=N3. The molecular weight excluding hydrogens is 611 g/mol. The fraction of sp³-hybridized carbons (Fsp3) is 0.194. The lowest BCUT2D eigenvalue weighted by Crippen LogP contribution is -2.37. The Kier molecular flexibility index (Phi) is 7.15. The number of pyridine rings is 1. The third-order valence-corrected chi connectivity index (χ3v) is 10.5. The van der Waals surface area contributed by atoms with Gasteiger partial charge in [0.25, 0.3) is 0 Å². The van der Waals surface area contributed by atoms with E-state index in [9.17, 15) is 13.2 Å². The summed E-state index contributed by atoms with van der Waals surface area (Å²) < 4.78 is 24.5. The summed E-state index contributed by atoms with van der Waals surface area (Å²) in [5, 5.41) is 7.86. The summed E-state index contributed by atoms with van der Waals surface area (Å²) in [5.41, 5.74) is 9.75. The Hall–Kier alpha value is -5.26. The highest BCUT2D eigenvalue weighted by Crippen LogP contribution is 2.31. The first-order chi connectivity index (χ1) is 22.8. The normalized spacial score (nSPS) is 17.9. The van der Waals surface area contributed by atoms with Gasteiger partial charge < -0.3 is 5.32 Å². The molecule has 0 atom stereocenters. The number of para-hydroxylation sites is 1. The van der Waals surface area contributed by atoms with Crippen molar-refractivity contribution in [2.24, 2.45) is 10.9 Å². The number of carbonyl (C=O) groups excluding carboxylic acids is 1. The molecule has 1 fully saturated rings. The number of carbonyl (C=O) groups is 1. The molecule has 4 aliphatic rings. The molecule has 0 radical (unpaired) electrons. The molecule has 8 rings (SSSR count). The number of aliphatic imine (C=N–C) groups is 1. The van der Waals surface area contributed by atoms with E-state index < -0.39 is 9.84 Å². The van der Waals surface area contributed by atoms with E-state index in [0.717, 1.165) is 65.7 Å². The summed E-state index contributed by atoms with van der Waals surface area (Å²) >= 11 is 0. The Balaban J connectivity index is 0.967. The molecule has 47 heavy (non-hydrogen) atoms. The molecule has 0 saturated carbocycles. The molecule has 0 spiro atoms. The number of anilines is 3. The van der Waals surface area contributed by atoms with E-state index in [-0.39, 0.29) is 16.7 Å². The Morgan fingerprint density at radius 3 is 2.57 bits per heavy atom. The van der Waals surface area contributed by atoms with Crippen molar-refractivity contribution < 1.29 is 13.2 Å². The number of rotatable bonds is 6. The van der Waals surface area contributed by atoms with Gasteiger partial charge in [-0.05, 0) is 79.0 Å². The van der Waals surface area contributed by atoms with Gasteiger partial charge in [0.05, 0.1) is 16.3 Å². The zero-order chi connectivity index (χ0) is 32.1. The molecule has 4 aromatic rings. The first-order valence-corrected chi connectivity index (χ1v) is 17.2. The van der Waals surface area contributed by atoms with Crippen molar-refractivity contribution in [3.63, 3.8) is 0 Å². The third kappa shape index (κ3) is 5.57. The number of hydrazine groups is 1. The quantitative estimate of drug-likeness (QED) is 0.324. The second kappa shape index (κ2) is 11.5. The van der Waals surface area contributed by atoms with Crippen molar-refractivity contribution in [2.45, 2.75) is 24.3 Å². The molecule has 4 aliphatic heterocycles. The van der Waals surface area contributed by atoms with E-state index >= 15 is 0 Å². The van der Waals surface area contributed by atoms with E-state index in [1.54, 1.807) is 24.3 Å². The maximum Gasteiger partial charge on any atom is 0.227 e. The van der Waals surface area contributed by atoms with Crippen LogP contribution in [0.4, 0.5) is 22.9 Å². The topological polar surface area (TPSA) is 110 Å². The number of fused-ring (bicyclic) bond motifs is 3. The van der Waals surface area contributed by atoms with Crippen molar-refractivity contribution in [1.82, 2.24) is 14.9 Å². The van der Waals surface area contributed by atoms with Crippen LogP contribution in [0.5, 0.6) is 0 Å². The number of amides is 1. The molecule has 11 heteroatoms. The van der Waals surface area contributed by atoms with Crippen molar-refractivity contribution >= 4 is 62.9 Å². The average Bonchev–Trinajstić information content (AvgIpc) is 3.60. The molecule has 236 valence electrons. The molecule has 1 amide bonds. The lowest BCUT2D eigenvalue weighted by molar-refractivity contribution is -0.121. The monoisotopic (exact) mass is 643 g/mol. The molecule has 10 nitrogen and oxygen atoms in total. The number of likely N-dealkylation sites (tertiary alicyclic amines) is 1. The van der Waals surface area contributed by atoms with Crippen LogP contribution in [0.3, 0.4) is 0 Å². The summed E-state index contributed by atoms with van der Waals surface area (Å²) in [6, 6.07) is 26.0. The van der Waals surface area contributed by atoms with Gasteiger partial charge in [0, 0.05) is 47.7 Å². The average molecular weight is 644 g/mol. The number of nitrogens with zero attached hydrogens (tertiary/aromatic N) is 5. The molecule has 2 N–H and O–H groups in total. The summed E-state index contributed by atoms with van der Waals surface area (Å²) in [5.74, 6) is 0.508. The van der Waals surface area contributed by atoms with Crippen molar-refractivity contribution in [2.75, 3.05) is 35.8 Å². The predicted molar refractivity (Wildman–Crippen MR) is 185 cm³/mol. The van der Waals surface area contributed by atoms with Crippen LogP contribution in [-0.4, -0.2) is 55.7 Å². The lowest BCUT2D eigenvalue weighted by atomic mass is 9.95. The second-order valence-electron chi connectivity index (χ2n) is 12.3. The third-order valence-electron chi connectivity index (χ3n) is 9.08. The number of nitrogens with one attached hydrogen (secondary N) is 2. The Morgan fingerprint density at radius 2 is 1.79 bits per heavy atom. The van der Waals surface area contributed by atoms with Crippen LogP contribution in [0.1, 0.15) is 29.5 Å². The van der Waals surface area contributed by atoms with Gasteiger partial charge in [-0.3, -0.25) is 25.0 Å². The number of hydrogen-bond donors (Lipinski definition) is 2. The Bertz CT molecular complexity index is 2190. The van der Waals surface area contributed by atoms with E-state index in [1.165, 1.54) is 11.0 Å². The molecule has 1 aromatic heterocycles. The Morgan fingerprint density at radius 1 is 1.00 bits per heavy atom. The fourth-order valence-electron chi connectivity index (χ4n) is 6.62. The van der Waals surface area contributed by atoms with Gasteiger partial charge in [0.1, 0.15) is 11.7 Å². The molecule has 3 aromatic carbocycles. The van der Waals surface area contributed by atoms with Crippen molar-refractivity contribution in [3.8, 4) is 0 Å². The van der Waals surface area contributed by atoms with Crippen LogP contribution in [0.25, 0.3) is 18.0 Å². The van der Waals surface area contributed by atoms with Crippen LogP contribution in [-0.2, 0) is 21.2 Å². The van der Waals surface area contributed by atoms with E-state index in [4.69, 9.17) is 9.98 Å². The molecule has 5 heterocycles. The molecule has 0 bridgehead atoms. The maximum atomic E-state index is 13.1. The first-order valence-electron chi connectivity index (χ1n) is 15.7. The summed E-state index contributed by atoms with van der Waals surface area (Å²) in [4.78, 5) is 27.4. The van der Waals surface area contributed by atoms with Gasteiger partial charge in [0.2, 0.25) is 15.7 Å². The highest BCUT2D eigenvalue weighted by Gasteiger charge is 2.27. The summed E-state index contributed by atoms with van der Waals surface area (Å²) in [6.07, 6.45) is 6.87. The number of piperidine rings is 1. The maximum absolute atomic E-state index is 13.1. The summed E-state index contributed by atoms with van der Waals surface area (Å²) in [6.45, 7) is 2.41. The first kappa shape index (κ1) is 29.2. The molecular formula is C36H33N7O3S. The van der Waals surface area contributed by atoms with E-state index in [0.29, 0.717) is 17.1 Å². The smallest absolute Gasteiger partial charge is 0.227 e. The minimum Gasteiger partial charge on any atom is -0.326 e. The van der Waals surface area contributed by atoms with Gasteiger partial charge in [0.15, 0.2) is 5.82 Å². The minimum absolute atomic E-state index is 0.0616. The van der Waals surface area contributed by atoms with Gasteiger partial charge in [-0.25, -0.2) is 18.4 Å². The number of aromatic nitrogens is 1. The predicted octanol–water partition coefficient (Wildman–Crippen LogP) is 4.04. The highest BCUT2D eigenvalue weighted by atomic mass is 32.2. The van der Waals surface area contributed by atoms with Gasteiger partial charge >= 0.3 is 0 Å². The van der Waals surface area contributed by atoms with E-state index in [2.05, 4.69) is 63.0 Å². The van der Waals surface area contributed by atoms with E-state index in [1.807, 2.05) is 42.8 Å². The summed E-state index contributed by atoms with van der Waals surface area (Å²) in [7, 11) is -1.48. The fourth-order valence-corrected chi connectivity index (χ4v) is 7.85. The van der Waals surface area contributed by atoms with Crippen LogP contribution in [0.2, 0.25) is 0 Å². The van der Waals surface area contributed by atoms with Gasteiger partial charge in [-0.2, -0.15) is 0 Å². The zero-order valence-electron chi connectivity index (χ0n) is 25.8. The van der Waals surface area contributed by atoms with Crippen LogP contribution in [0, 0.1) is 5.92 Å². The van der Waals surface area contributed by atoms with Crippen molar-refractivity contribution in [3.05, 3.63) is 112 Å². The second-order valence-corrected chi connectivity index (χ2v) is 14.1. The number of benzene rings is 3. The molecule has 0 aliphatic carbocycles. The number of sulfone groups is 1. The van der Waals surface area contributed by atoms with Gasteiger partial charge in [-0.1, -0.05) is 48.5 Å². The highest BCUT2D eigenvalue weighted by molar-refractivity contribution is 7.94. The Labute approximate surface area is 273 Å². The van der Waals surface area contributed by atoms with Crippen molar-refractivity contribution in [1.29, 1.82) is 0 Å². The molecule has 1 saturated heterocycles. The molecule has 0 unspecified atom stereocenters. The standard InChI is InChI=1S/C36H33N7O3S/c1-41-22-32-31(40-41)20-30-34(43(23-37-35(30)39-32)29-5-3-2-4-6-29)26-9-7-24(8-10-26)21-42-16-13-27(14-17-42)36(44)38-28-12-11-25-15-18-47(45,46)33(25)19-28/h2-12,15,18-20,22-23,27,40H,13-14,16-17,21H2,1H3,(H,38,44). The number of hydrogen-bond acceptors (Lipinski definition) is 9. The van der Waals surface area contributed by atoms with Crippen LogP contribution >= 0.6 is 0 Å². The van der Waals surface area contributed by atoms with Gasteiger partial charge in [-0.15, -0.1) is 0 Å². The van der Waals surface area contributed by atoms with Crippen LogP contribution in [0.15, 0.2) is 94.2 Å². The lowest BCUT2D eigenvalue weighted by Gasteiger charge is -2.31. The van der Waals surface area contributed by atoms with Crippen LogP contribution < -0.4 is 26.2 Å².